The van der Waals surface area contributed by atoms with Gasteiger partial charge in [-0.1, -0.05) is 6.07 Å². The number of amides is 1. The summed E-state index contributed by atoms with van der Waals surface area (Å²) < 4.78 is 1.53. The van der Waals surface area contributed by atoms with Gasteiger partial charge in [0.25, 0.3) is 5.56 Å². The second kappa shape index (κ2) is 7.92. The number of hydrogen-bond acceptors (Lipinski definition) is 5. The average molecular weight is 341 g/mol. The van der Waals surface area contributed by atoms with E-state index in [-0.39, 0.29) is 17.5 Å². The fourth-order valence-electron chi connectivity index (χ4n) is 3.08. The van der Waals surface area contributed by atoms with Crippen molar-refractivity contribution in [3.8, 4) is 0 Å². The number of carbonyl (C=O) groups is 1. The Bertz CT molecular complexity index is 775. The van der Waals surface area contributed by atoms with Gasteiger partial charge in [-0.3, -0.25) is 14.6 Å². The van der Waals surface area contributed by atoms with Crippen molar-refractivity contribution in [2.45, 2.75) is 31.7 Å². The van der Waals surface area contributed by atoms with Crippen molar-refractivity contribution < 1.29 is 4.79 Å². The molecular weight excluding hydrogens is 318 g/mol. The third-order valence-electron chi connectivity index (χ3n) is 4.42. The van der Waals surface area contributed by atoms with Gasteiger partial charge in [0.05, 0.1) is 0 Å². The zero-order valence-corrected chi connectivity index (χ0v) is 14.4. The fraction of sp³-hybridized carbons (Fsp3) is 0.444. The van der Waals surface area contributed by atoms with Crippen LogP contribution in [0.5, 0.6) is 0 Å². The molecule has 132 valence electrons. The van der Waals surface area contributed by atoms with E-state index in [1.54, 1.807) is 25.6 Å². The summed E-state index contributed by atoms with van der Waals surface area (Å²) >= 11 is 0. The third kappa shape index (κ3) is 4.43. The minimum atomic E-state index is -0.107. The second-order valence-corrected chi connectivity index (χ2v) is 6.34. The topological polar surface area (TPSA) is 80.1 Å². The Morgan fingerprint density at radius 3 is 3.00 bits per heavy atom. The lowest BCUT2D eigenvalue weighted by molar-refractivity contribution is -0.121. The van der Waals surface area contributed by atoms with Crippen molar-refractivity contribution in [3.63, 3.8) is 0 Å². The summed E-state index contributed by atoms with van der Waals surface area (Å²) in [6, 6.07) is 5.75. The molecule has 1 aliphatic heterocycles. The first-order valence-electron chi connectivity index (χ1n) is 8.59. The Hall–Kier alpha value is -2.70. The van der Waals surface area contributed by atoms with Crippen LogP contribution in [-0.2, 0) is 18.3 Å². The quantitative estimate of drug-likeness (QED) is 0.874. The van der Waals surface area contributed by atoms with Crippen LogP contribution in [0.1, 0.15) is 25.0 Å². The van der Waals surface area contributed by atoms with E-state index in [1.807, 2.05) is 23.1 Å². The van der Waals surface area contributed by atoms with Crippen molar-refractivity contribution in [3.05, 3.63) is 52.8 Å². The van der Waals surface area contributed by atoms with E-state index in [4.69, 9.17) is 0 Å². The molecule has 0 saturated carbocycles. The van der Waals surface area contributed by atoms with Crippen molar-refractivity contribution >= 4 is 11.7 Å². The summed E-state index contributed by atoms with van der Waals surface area (Å²) in [6.45, 7) is 1.40. The molecule has 1 saturated heterocycles. The normalized spacial score (nSPS) is 17.3. The molecule has 1 aliphatic rings. The molecule has 7 nitrogen and oxygen atoms in total. The van der Waals surface area contributed by atoms with E-state index in [0.29, 0.717) is 25.2 Å². The van der Waals surface area contributed by atoms with E-state index in [2.05, 4.69) is 15.3 Å². The van der Waals surface area contributed by atoms with Crippen LogP contribution in [0.4, 0.5) is 5.82 Å². The molecule has 25 heavy (non-hydrogen) atoms. The van der Waals surface area contributed by atoms with Gasteiger partial charge in [-0.25, -0.2) is 4.98 Å². The van der Waals surface area contributed by atoms with Gasteiger partial charge in [-0.2, -0.15) is 0 Å². The molecule has 1 atom stereocenters. The highest BCUT2D eigenvalue weighted by molar-refractivity contribution is 5.76. The minimum Gasteiger partial charge on any atom is -0.352 e. The van der Waals surface area contributed by atoms with Crippen LogP contribution in [0, 0.1) is 0 Å². The Labute approximate surface area is 146 Å². The summed E-state index contributed by atoms with van der Waals surface area (Å²) in [4.78, 5) is 34.9. The molecular formula is C18H23N5O2. The zero-order valence-electron chi connectivity index (χ0n) is 14.4. The molecule has 1 N–H and O–H groups in total. The Balaban J connectivity index is 1.55. The summed E-state index contributed by atoms with van der Waals surface area (Å²) in [6.07, 6.45) is 7.89. The van der Waals surface area contributed by atoms with Crippen LogP contribution in [0.25, 0.3) is 0 Å². The van der Waals surface area contributed by atoms with Crippen molar-refractivity contribution in [1.29, 1.82) is 0 Å². The van der Waals surface area contributed by atoms with Gasteiger partial charge >= 0.3 is 0 Å². The van der Waals surface area contributed by atoms with Crippen molar-refractivity contribution in [2.24, 2.45) is 7.05 Å². The maximum Gasteiger partial charge on any atom is 0.293 e. The lowest BCUT2D eigenvalue weighted by Gasteiger charge is -2.33. The smallest absolute Gasteiger partial charge is 0.293 e. The van der Waals surface area contributed by atoms with E-state index < -0.39 is 0 Å². The van der Waals surface area contributed by atoms with E-state index >= 15 is 0 Å². The van der Waals surface area contributed by atoms with Crippen molar-refractivity contribution in [2.75, 3.05) is 18.0 Å². The molecule has 2 aromatic heterocycles. The molecule has 0 aliphatic carbocycles. The molecule has 0 radical (unpaired) electrons. The van der Waals surface area contributed by atoms with Gasteiger partial charge in [0.1, 0.15) is 0 Å². The largest absolute Gasteiger partial charge is 0.352 e. The fourth-order valence-corrected chi connectivity index (χ4v) is 3.08. The van der Waals surface area contributed by atoms with E-state index in [9.17, 15) is 9.59 Å². The number of hydrogen-bond donors (Lipinski definition) is 1. The molecule has 0 aromatic carbocycles. The molecule has 3 heterocycles. The summed E-state index contributed by atoms with van der Waals surface area (Å²) in [5.41, 5.74) is 0.810. The van der Waals surface area contributed by atoms with Crippen LogP contribution in [0.2, 0.25) is 0 Å². The average Bonchev–Trinajstić information content (AvgIpc) is 2.63. The number of carbonyl (C=O) groups excluding carboxylic acids is 1. The summed E-state index contributed by atoms with van der Waals surface area (Å²) in [5.74, 6) is 0.476. The Morgan fingerprint density at radius 2 is 2.20 bits per heavy atom. The van der Waals surface area contributed by atoms with Crippen LogP contribution >= 0.6 is 0 Å². The van der Waals surface area contributed by atoms with Gasteiger partial charge in [-0.15, -0.1) is 0 Å². The van der Waals surface area contributed by atoms with Gasteiger partial charge < -0.3 is 14.8 Å². The lowest BCUT2D eigenvalue weighted by Crippen LogP contribution is -2.49. The molecule has 1 unspecified atom stereocenters. The maximum atomic E-state index is 12.2. The van der Waals surface area contributed by atoms with Gasteiger partial charge in [0.15, 0.2) is 5.82 Å². The number of nitrogens with one attached hydrogen (secondary N) is 1. The zero-order chi connectivity index (χ0) is 17.6. The highest BCUT2D eigenvalue weighted by Gasteiger charge is 2.24. The first-order chi connectivity index (χ1) is 12.1. The first-order valence-corrected chi connectivity index (χ1v) is 8.59. The van der Waals surface area contributed by atoms with Crippen LogP contribution in [0.15, 0.2) is 41.6 Å². The minimum absolute atomic E-state index is 0.0198. The molecule has 1 amide bonds. The molecule has 3 rings (SSSR count). The summed E-state index contributed by atoms with van der Waals surface area (Å²) in [7, 11) is 1.72. The molecule has 0 bridgehead atoms. The highest BCUT2D eigenvalue weighted by atomic mass is 16.1. The monoisotopic (exact) mass is 341 g/mol. The number of piperidine rings is 1. The van der Waals surface area contributed by atoms with Crippen LogP contribution < -0.4 is 15.8 Å². The van der Waals surface area contributed by atoms with Gasteiger partial charge in [0, 0.05) is 56.9 Å². The number of aryl methyl sites for hydroxylation is 2. The standard InChI is InChI=1S/C18H23N5O2/c1-22-12-10-20-17(18(22)25)23-11-4-6-15(13-23)21-16(24)8-7-14-5-2-3-9-19-14/h2-3,5,9-10,12,15H,4,6-8,11,13H2,1H3,(H,21,24). The number of pyridine rings is 1. The van der Waals surface area contributed by atoms with Gasteiger partial charge in [0.2, 0.25) is 5.91 Å². The van der Waals surface area contributed by atoms with Crippen molar-refractivity contribution in [1.82, 2.24) is 19.9 Å². The van der Waals surface area contributed by atoms with Crippen LogP contribution in [0.3, 0.4) is 0 Å². The molecule has 2 aromatic rings. The molecule has 7 heteroatoms. The lowest BCUT2D eigenvalue weighted by atomic mass is 10.1. The maximum absolute atomic E-state index is 12.2. The van der Waals surface area contributed by atoms with E-state index in [1.165, 1.54) is 4.57 Å². The third-order valence-corrected chi connectivity index (χ3v) is 4.42. The number of anilines is 1. The van der Waals surface area contributed by atoms with Gasteiger partial charge in [-0.05, 0) is 31.4 Å². The highest BCUT2D eigenvalue weighted by Crippen LogP contribution is 2.14. The number of rotatable bonds is 5. The SMILES string of the molecule is Cn1ccnc(N2CCCC(NC(=O)CCc3ccccn3)C2)c1=O. The van der Waals surface area contributed by atoms with Crippen LogP contribution in [-0.4, -0.2) is 39.6 Å². The molecule has 0 spiro atoms. The predicted molar refractivity (Wildman–Crippen MR) is 95.4 cm³/mol. The molecule has 1 fully saturated rings. The summed E-state index contributed by atoms with van der Waals surface area (Å²) in [5, 5.41) is 3.08. The first kappa shape index (κ1) is 17.1. The predicted octanol–water partition coefficient (Wildman–Crippen LogP) is 0.893. The number of nitrogens with zero attached hydrogens (tertiary/aromatic N) is 4. The Kier molecular flexibility index (Phi) is 5.42. The Morgan fingerprint density at radius 1 is 1.32 bits per heavy atom. The van der Waals surface area contributed by atoms with E-state index in [0.717, 1.165) is 25.1 Å². The number of aromatic nitrogens is 3. The second-order valence-electron chi connectivity index (χ2n) is 6.34.